The SMILES string of the molecule is Cc1ccc(CN(C)C(=O)CSCCCN)o1. The van der Waals surface area contributed by atoms with Crippen molar-refractivity contribution in [2.24, 2.45) is 5.73 Å². The molecule has 0 fully saturated rings. The maximum absolute atomic E-state index is 11.7. The highest BCUT2D eigenvalue weighted by Gasteiger charge is 2.10. The van der Waals surface area contributed by atoms with Crippen LogP contribution in [0.15, 0.2) is 16.5 Å². The highest BCUT2D eigenvalue weighted by molar-refractivity contribution is 7.99. The fourth-order valence-corrected chi connectivity index (χ4v) is 2.26. The lowest BCUT2D eigenvalue weighted by molar-refractivity contribution is -0.127. The van der Waals surface area contributed by atoms with Gasteiger partial charge in [0, 0.05) is 7.05 Å². The lowest BCUT2D eigenvalue weighted by Crippen LogP contribution is -2.27. The summed E-state index contributed by atoms with van der Waals surface area (Å²) in [6.45, 7) is 3.11. The molecule has 0 aliphatic rings. The normalized spacial score (nSPS) is 10.5. The van der Waals surface area contributed by atoms with Crippen LogP contribution in [0.5, 0.6) is 0 Å². The van der Waals surface area contributed by atoms with Crippen LogP contribution < -0.4 is 5.73 Å². The molecule has 0 saturated heterocycles. The largest absolute Gasteiger partial charge is 0.464 e. The first-order valence-electron chi connectivity index (χ1n) is 5.70. The summed E-state index contributed by atoms with van der Waals surface area (Å²) in [7, 11) is 1.80. The van der Waals surface area contributed by atoms with Gasteiger partial charge in [0.1, 0.15) is 11.5 Å². The highest BCUT2D eigenvalue weighted by atomic mass is 32.2. The summed E-state index contributed by atoms with van der Waals surface area (Å²) in [5, 5.41) is 0. The molecule has 96 valence electrons. The number of carbonyl (C=O) groups excluding carboxylic acids is 1. The molecule has 0 radical (unpaired) electrons. The van der Waals surface area contributed by atoms with E-state index in [4.69, 9.17) is 10.2 Å². The molecule has 0 spiro atoms. The zero-order valence-corrected chi connectivity index (χ0v) is 11.3. The summed E-state index contributed by atoms with van der Waals surface area (Å²) in [5.41, 5.74) is 5.39. The Balaban J connectivity index is 2.27. The minimum atomic E-state index is 0.126. The van der Waals surface area contributed by atoms with E-state index in [0.29, 0.717) is 18.8 Å². The van der Waals surface area contributed by atoms with Gasteiger partial charge in [0.15, 0.2) is 0 Å². The fourth-order valence-electron chi connectivity index (χ4n) is 1.35. The minimum absolute atomic E-state index is 0.126. The van der Waals surface area contributed by atoms with Crippen molar-refractivity contribution in [1.29, 1.82) is 0 Å². The minimum Gasteiger partial charge on any atom is -0.464 e. The van der Waals surface area contributed by atoms with Gasteiger partial charge in [-0.2, -0.15) is 11.8 Å². The van der Waals surface area contributed by atoms with E-state index in [0.717, 1.165) is 23.7 Å². The molecular formula is C12H20N2O2S. The Bertz CT molecular complexity index is 352. The van der Waals surface area contributed by atoms with E-state index >= 15 is 0 Å². The quantitative estimate of drug-likeness (QED) is 0.753. The standard InChI is InChI=1S/C12H20N2O2S/c1-10-4-5-11(16-10)8-14(2)12(15)9-17-7-3-6-13/h4-5H,3,6-9,13H2,1-2H3. The van der Waals surface area contributed by atoms with E-state index < -0.39 is 0 Å². The lowest BCUT2D eigenvalue weighted by Gasteiger charge is -2.15. The summed E-state index contributed by atoms with van der Waals surface area (Å²) < 4.78 is 5.43. The van der Waals surface area contributed by atoms with Crippen LogP contribution in [0.25, 0.3) is 0 Å². The molecule has 1 aromatic heterocycles. The number of hydrogen-bond acceptors (Lipinski definition) is 4. The van der Waals surface area contributed by atoms with E-state index in [9.17, 15) is 4.79 Å². The van der Waals surface area contributed by atoms with Gasteiger partial charge in [-0.1, -0.05) is 0 Å². The first-order chi connectivity index (χ1) is 8.13. The van der Waals surface area contributed by atoms with Crippen LogP contribution >= 0.6 is 11.8 Å². The first kappa shape index (κ1) is 14.1. The van der Waals surface area contributed by atoms with Crippen LogP contribution in [-0.4, -0.2) is 35.9 Å². The molecule has 1 heterocycles. The van der Waals surface area contributed by atoms with Gasteiger partial charge in [0.05, 0.1) is 12.3 Å². The molecular weight excluding hydrogens is 236 g/mol. The molecule has 1 aromatic rings. The van der Waals surface area contributed by atoms with Crippen molar-refractivity contribution in [3.63, 3.8) is 0 Å². The van der Waals surface area contributed by atoms with E-state index in [2.05, 4.69) is 0 Å². The number of nitrogens with two attached hydrogens (primary N) is 1. The van der Waals surface area contributed by atoms with E-state index in [1.54, 1.807) is 23.7 Å². The zero-order chi connectivity index (χ0) is 12.7. The van der Waals surface area contributed by atoms with Crippen molar-refractivity contribution in [3.8, 4) is 0 Å². The molecule has 2 N–H and O–H groups in total. The second-order valence-electron chi connectivity index (χ2n) is 3.96. The summed E-state index contributed by atoms with van der Waals surface area (Å²) in [4.78, 5) is 13.4. The molecule has 0 atom stereocenters. The smallest absolute Gasteiger partial charge is 0.232 e. The lowest BCUT2D eigenvalue weighted by atomic mass is 10.4. The number of hydrogen-bond donors (Lipinski definition) is 1. The van der Waals surface area contributed by atoms with Gasteiger partial charge in [0.2, 0.25) is 5.91 Å². The summed E-state index contributed by atoms with van der Waals surface area (Å²) in [6.07, 6.45) is 0.957. The molecule has 17 heavy (non-hydrogen) atoms. The van der Waals surface area contributed by atoms with Crippen LogP contribution in [0.1, 0.15) is 17.9 Å². The Morgan fingerprint density at radius 3 is 2.88 bits per heavy atom. The molecule has 0 unspecified atom stereocenters. The Hall–Kier alpha value is -0.940. The van der Waals surface area contributed by atoms with Crippen molar-refractivity contribution >= 4 is 17.7 Å². The predicted octanol–water partition coefficient (Wildman–Crippen LogP) is 1.63. The van der Waals surface area contributed by atoms with Gasteiger partial charge < -0.3 is 15.1 Å². The second-order valence-corrected chi connectivity index (χ2v) is 5.06. The average Bonchev–Trinajstić information content (AvgIpc) is 2.70. The third-order valence-electron chi connectivity index (χ3n) is 2.33. The average molecular weight is 256 g/mol. The van der Waals surface area contributed by atoms with Crippen molar-refractivity contribution < 1.29 is 9.21 Å². The zero-order valence-electron chi connectivity index (χ0n) is 10.4. The third-order valence-corrected chi connectivity index (χ3v) is 3.36. The predicted molar refractivity (Wildman–Crippen MR) is 70.9 cm³/mol. The van der Waals surface area contributed by atoms with Gasteiger partial charge in [-0.3, -0.25) is 4.79 Å². The number of amides is 1. The second kappa shape index (κ2) is 7.40. The van der Waals surface area contributed by atoms with E-state index in [1.165, 1.54) is 0 Å². The summed E-state index contributed by atoms with van der Waals surface area (Å²) in [5.74, 6) is 3.27. The van der Waals surface area contributed by atoms with Crippen LogP contribution in [-0.2, 0) is 11.3 Å². The molecule has 1 amide bonds. The molecule has 5 heteroatoms. The van der Waals surface area contributed by atoms with Crippen LogP contribution in [0.2, 0.25) is 0 Å². The van der Waals surface area contributed by atoms with Crippen LogP contribution in [0.4, 0.5) is 0 Å². The maximum atomic E-state index is 11.7. The molecule has 0 aromatic carbocycles. The van der Waals surface area contributed by atoms with Gasteiger partial charge in [-0.15, -0.1) is 0 Å². The molecule has 4 nitrogen and oxygen atoms in total. The van der Waals surface area contributed by atoms with Crippen molar-refractivity contribution in [2.45, 2.75) is 19.9 Å². The van der Waals surface area contributed by atoms with E-state index in [1.807, 2.05) is 19.1 Å². The highest BCUT2D eigenvalue weighted by Crippen LogP contribution is 2.10. The first-order valence-corrected chi connectivity index (χ1v) is 6.86. The topological polar surface area (TPSA) is 59.5 Å². The van der Waals surface area contributed by atoms with E-state index in [-0.39, 0.29) is 5.91 Å². The maximum Gasteiger partial charge on any atom is 0.232 e. The van der Waals surface area contributed by atoms with Crippen LogP contribution in [0.3, 0.4) is 0 Å². The summed E-state index contributed by atoms with van der Waals surface area (Å²) >= 11 is 1.63. The monoisotopic (exact) mass is 256 g/mol. The van der Waals surface area contributed by atoms with Crippen molar-refractivity contribution in [1.82, 2.24) is 4.90 Å². The van der Waals surface area contributed by atoms with Gasteiger partial charge in [0.25, 0.3) is 0 Å². The fraction of sp³-hybridized carbons (Fsp3) is 0.583. The van der Waals surface area contributed by atoms with Crippen LogP contribution in [0, 0.1) is 6.92 Å². The Morgan fingerprint density at radius 1 is 1.53 bits per heavy atom. The van der Waals surface area contributed by atoms with Gasteiger partial charge in [-0.05, 0) is 37.8 Å². The van der Waals surface area contributed by atoms with Gasteiger partial charge >= 0.3 is 0 Å². The van der Waals surface area contributed by atoms with Gasteiger partial charge in [-0.25, -0.2) is 0 Å². The molecule has 0 bridgehead atoms. The Labute approximate surface area is 107 Å². The Kier molecular flexibility index (Phi) is 6.15. The Morgan fingerprint density at radius 2 is 2.29 bits per heavy atom. The number of carbonyl (C=O) groups is 1. The van der Waals surface area contributed by atoms with Crippen molar-refractivity contribution in [2.75, 3.05) is 25.1 Å². The number of nitrogens with zero attached hydrogens (tertiary/aromatic N) is 1. The number of aryl methyl sites for hydroxylation is 1. The third kappa shape index (κ3) is 5.28. The number of furan rings is 1. The molecule has 1 rings (SSSR count). The van der Waals surface area contributed by atoms with Crippen molar-refractivity contribution in [3.05, 3.63) is 23.7 Å². The number of rotatable bonds is 7. The molecule has 0 saturated carbocycles. The number of thioether (sulfide) groups is 1. The summed E-state index contributed by atoms with van der Waals surface area (Å²) in [6, 6.07) is 3.81. The molecule has 0 aliphatic carbocycles. The molecule has 0 aliphatic heterocycles.